The van der Waals surface area contributed by atoms with Crippen molar-refractivity contribution in [2.75, 3.05) is 6.61 Å². The highest BCUT2D eigenvalue weighted by molar-refractivity contribution is 6.22. The van der Waals surface area contributed by atoms with E-state index in [-0.39, 0.29) is 36.1 Å². The Bertz CT molecular complexity index is 1400. The lowest BCUT2D eigenvalue weighted by molar-refractivity contribution is -0.147. The van der Waals surface area contributed by atoms with Crippen LogP contribution < -0.4 is 10.5 Å². The Balaban J connectivity index is 1.71. The van der Waals surface area contributed by atoms with Gasteiger partial charge in [0.2, 0.25) is 5.78 Å². The summed E-state index contributed by atoms with van der Waals surface area (Å²) >= 11 is 0. The van der Waals surface area contributed by atoms with Gasteiger partial charge in [-0.05, 0) is 48.9 Å². The minimum Gasteiger partial charge on any atom is -0.508 e. The van der Waals surface area contributed by atoms with Crippen molar-refractivity contribution in [2.24, 2.45) is 17.6 Å². The highest BCUT2D eigenvalue weighted by Crippen LogP contribution is 2.53. The molecule has 0 aliphatic heterocycles. The van der Waals surface area contributed by atoms with Gasteiger partial charge < -0.3 is 30.9 Å². The molecule has 5 rings (SSSR count). The Morgan fingerprint density at radius 2 is 1.81 bits per heavy atom. The molecule has 0 radical (unpaired) electrons. The largest absolute Gasteiger partial charge is 0.508 e. The standard InChI is InChI=1S/C27H25NO8/c1-2-36-19-6-4-3-5-15(19)14-7-8-17(29)21-16(14)10-12-9-13-11-18(30)22(26(28)34)25(33)27(13,35)24(32)20(12)23(21)31/h3-8,12-13,29,31,33,35H,2,9-11H2,1H3,(H2,28,34). The fourth-order valence-corrected chi connectivity index (χ4v) is 5.84. The third-order valence-electron chi connectivity index (χ3n) is 7.42. The van der Waals surface area contributed by atoms with Gasteiger partial charge in [-0.25, -0.2) is 0 Å². The number of nitrogens with two attached hydrogens (primary N) is 1. The molecule has 3 atom stereocenters. The SMILES string of the molecule is CCOc1ccccc1-c1ccc(O)c2c1CC1CC3CC(=O)C(C(N)=O)=C(O)C3(O)C(=O)C1=C2O. The maximum absolute atomic E-state index is 13.6. The molecular formula is C27H25NO8. The lowest BCUT2D eigenvalue weighted by atomic mass is 9.59. The molecule has 36 heavy (non-hydrogen) atoms. The lowest BCUT2D eigenvalue weighted by Crippen LogP contribution is -2.58. The molecule has 0 aromatic heterocycles. The second kappa shape index (κ2) is 8.23. The Kier molecular flexibility index (Phi) is 5.40. The molecule has 1 saturated carbocycles. The average molecular weight is 491 g/mol. The summed E-state index contributed by atoms with van der Waals surface area (Å²) in [7, 11) is 0. The van der Waals surface area contributed by atoms with E-state index in [9.17, 15) is 34.8 Å². The first-order chi connectivity index (χ1) is 17.1. The molecule has 186 valence electrons. The molecule has 3 unspecified atom stereocenters. The van der Waals surface area contributed by atoms with Crippen LogP contribution in [0.2, 0.25) is 0 Å². The van der Waals surface area contributed by atoms with Gasteiger partial charge in [-0.2, -0.15) is 0 Å². The molecule has 0 bridgehead atoms. The number of aliphatic hydroxyl groups is 3. The van der Waals surface area contributed by atoms with Crippen LogP contribution in [0.3, 0.4) is 0 Å². The second-order valence-corrected chi connectivity index (χ2v) is 9.32. The van der Waals surface area contributed by atoms with Crippen LogP contribution in [-0.4, -0.2) is 50.1 Å². The molecule has 0 heterocycles. The number of benzene rings is 2. The first-order valence-corrected chi connectivity index (χ1v) is 11.7. The zero-order valence-electron chi connectivity index (χ0n) is 19.4. The molecule has 9 heteroatoms. The van der Waals surface area contributed by atoms with Crippen molar-refractivity contribution < 1.29 is 39.5 Å². The first-order valence-electron chi connectivity index (χ1n) is 11.7. The summed E-state index contributed by atoms with van der Waals surface area (Å²) < 4.78 is 5.77. The normalized spacial score (nSPS) is 25.3. The van der Waals surface area contributed by atoms with Gasteiger partial charge in [0.15, 0.2) is 11.4 Å². The summed E-state index contributed by atoms with van der Waals surface area (Å²) in [5, 5.41) is 43.9. The molecule has 0 saturated heterocycles. The molecule has 0 spiro atoms. The van der Waals surface area contributed by atoms with Crippen molar-refractivity contribution in [2.45, 2.75) is 31.8 Å². The highest BCUT2D eigenvalue weighted by atomic mass is 16.5. The number of primary amides is 1. The number of hydrogen-bond acceptors (Lipinski definition) is 8. The molecule has 9 nitrogen and oxygen atoms in total. The number of ether oxygens (including phenoxy) is 1. The van der Waals surface area contributed by atoms with Crippen LogP contribution in [0.15, 0.2) is 53.3 Å². The molecule has 1 amide bonds. The van der Waals surface area contributed by atoms with E-state index in [0.29, 0.717) is 23.5 Å². The van der Waals surface area contributed by atoms with Crippen LogP contribution in [0, 0.1) is 11.8 Å². The Hall–Kier alpha value is -4.11. The van der Waals surface area contributed by atoms with E-state index in [1.54, 1.807) is 6.07 Å². The van der Waals surface area contributed by atoms with E-state index in [0.717, 1.165) is 5.56 Å². The quantitative estimate of drug-likeness (QED) is 0.407. The first kappa shape index (κ1) is 23.6. The molecule has 2 aromatic carbocycles. The maximum atomic E-state index is 13.6. The molecular weight excluding hydrogens is 466 g/mol. The van der Waals surface area contributed by atoms with Crippen LogP contribution in [0.4, 0.5) is 0 Å². The summed E-state index contributed by atoms with van der Waals surface area (Å²) in [6.07, 6.45) is -0.0637. The van der Waals surface area contributed by atoms with Crippen LogP contribution in [0.5, 0.6) is 11.5 Å². The van der Waals surface area contributed by atoms with Gasteiger partial charge in [-0.15, -0.1) is 0 Å². The number of rotatable bonds is 4. The number of para-hydroxylation sites is 1. The molecule has 6 N–H and O–H groups in total. The van der Waals surface area contributed by atoms with Crippen molar-refractivity contribution in [1.82, 2.24) is 0 Å². The third-order valence-corrected chi connectivity index (χ3v) is 7.42. The van der Waals surface area contributed by atoms with Crippen LogP contribution >= 0.6 is 0 Å². The summed E-state index contributed by atoms with van der Waals surface area (Å²) in [4.78, 5) is 37.9. The van der Waals surface area contributed by atoms with E-state index >= 15 is 0 Å². The summed E-state index contributed by atoms with van der Waals surface area (Å²) in [6.45, 7) is 2.29. The van der Waals surface area contributed by atoms with Gasteiger partial charge >= 0.3 is 0 Å². The second-order valence-electron chi connectivity index (χ2n) is 9.32. The Labute approximate surface area is 206 Å². The smallest absolute Gasteiger partial charge is 0.255 e. The molecule has 3 aliphatic carbocycles. The van der Waals surface area contributed by atoms with Crippen LogP contribution in [0.25, 0.3) is 16.9 Å². The minimum absolute atomic E-state index is 0.0472. The zero-order chi connectivity index (χ0) is 25.9. The maximum Gasteiger partial charge on any atom is 0.255 e. The number of phenolic OH excluding ortho intramolecular Hbond substituents is 1. The predicted molar refractivity (Wildman–Crippen MR) is 128 cm³/mol. The topological polar surface area (TPSA) is 167 Å². The molecule has 1 fully saturated rings. The van der Waals surface area contributed by atoms with Crippen molar-refractivity contribution in [3.05, 3.63) is 64.4 Å². The summed E-state index contributed by atoms with van der Waals surface area (Å²) in [6, 6.07) is 10.4. The van der Waals surface area contributed by atoms with Crippen molar-refractivity contribution in [3.8, 4) is 22.6 Å². The highest BCUT2D eigenvalue weighted by Gasteiger charge is 2.60. The van der Waals surface area contributed by atoms with E-state index in [1.807, 2.05) is 31.2 Å². The van der Waals surface area contributed by atoms with Crippen molar-refractivity contribution in [3.63, 3.8) is 0 Å². The number of ketones is 2. The third kappa shape index (κ3) is 3.16. The zero-order valence-corrected chi connectivity index (χ0v) is 19.4. The fourth-order valence-electron chi connectivity index (χ4n) is 5.84. The summed E-state index contributed by atoms with van der Waals surface area (Å²) in [5.74, 6) is -5.89. The van der Waals surface area contributed by atoms with Gasteiger partial charge in [-0.3, -0.25) is 14.4 Å². The summed E-state index contributed by atoms with van der Waals surface area (Å²) in [5.41, 5.74) is 3.73. The van der Waals surface area contributed by atoms with E-state index < -0.39 is 52.0 Å². The monoisotopic (exact) mass is 491 g/mol. The number of Topliss-reactive ketones (excluding diaryl/α,β-unsaturated/α-hetero) is 2. The predicted octanol–water partition coefficient (Wildman–Crippen LogP) is 2.49. The number of carbonyl (C=O) groups excluding carboxylic acids is 3. The van der Waals surface area contributed by atoms with E-state index in [1.165, 1.54) is 6.07 Å². The van der Waals surface area contributed by atoms with Crippen LogP contribution in [-0.2, 0) is 20.8 Å². The number of phenols is 1. The van der Waals surface area contributed by atoms with Gasteiger partial charge in [0, 0.05) is 23.5 Å². The molecule has 3 aliphatic rings. The number of fused-ring (bicyclic) bond motifs is 3. The van der Waals surface area contributed by atoms with Crippen molar-refractivity contribution >= 4 is 23.2 Å². The molecule has 2 aromatic rings. The number of aliphatic hydroxyl groups excluding tert-OH is 2. The van der Waals surface area contributed by atoms with E-state index in [2.05, 4.69) is 0 Å². The number of amides is 1. The fraction of sp³-hybridized carbons (Fsp3) is 0.296. The van der Waals surface area contributed by atoms with Gasteiger partial charge in [0.1, 0.15) is 28.6 Å². The Morgan fingerprint density at radius 1 is 1.08 bits per heavy atom. The van der Waals surface area contributed by atoms with Crippen LogP contribution in [0.1, 0.15) is 30.9 Å². The van der Waals surface area contributed by atoms with E-state index in [4.69, 9.17) is 10.5 Å². The number of hydrogen-bond donors (Lipinski definition) is 5. The van der Waals surface area contributed by atoms with Crippen molar-refractivity contribution in [1.29, 1.82) is 0 Å². The van der Waals surface area contributed by atoms with Gasteiger partial charge in [0.05, 0.1) is 12.2 Å². The van der Waals surface area contributed by atoms with Gasteiger partial charge in [0.25, 0.3) is 5.91 Å². The number of carbonyl (C=O) groups is 3. The average Bonchev–Trinajstić information content (AvgIpc) is 2.82. The number of aromatic hydroxyl groups is 1. The Morgan fingerprint density at radius 3 is 2.50 bits per heavy atom. The minimum atomic E-state index is -2.58. The van der Waals surface area contributed by atoms with Gasteiger partial charge in [-0.1, -0.05) is 24.3 Å². The lowest BCUT2D eigenvalue weighted by Gasteiger charge is -2.46.